The van der Waals surface area contributed by atoms with Gasteiger partial charge in [0.2, 0.25) is 0 Å². The fraction of sp³-hybridized carbons (Fsp3) is 0.300. The summed E-state index contributed by atoms with van der Waals surface area (Å²) in [6.07, 6.45) is 5.45. The standard InChI is InChI=1S/C10H14N6/c1-8-14-9(11)6-10(15-8)13-3-5-16-4-2-12-7-16/h2,4,6-7H,3,5H2,1H3,(H3,11,13,14,15). The molecule has 0 aliphatic heterocycles. The molecule has 0 bridgehead atoms. The van der Waals surface area contributed by atoms with E-state index in [1.807, 2.05) is 17.7 Å². The molecule has 0 aliphatic carbocycles. The van der Waals surface area contributed by atoms with E-state index >= 15 is 0 Å². The lowest BCUT2D eigenvalue weighted by molar-refractivity contribution is 0.725. The zero-order valence-electron chi connectivity index (χ0n) is 9.09. The molecule has 2 aromatic rings. The Labute approximate surface area is 93.6 Å². The molecule has 0 aliphatic rings. The molecule has 6 heteroatoms. The van der Waals surface area contributed by atoms with Crippen molar-refractivity contribution < 1.29 is 0 Å². The molecule has 3 N–H and O–H groups in total. The Hall–Kier alpha value is -2.11. The second-order valence-electron chi connectivity index (χ2n) is 3.45. The topological polar surface area (TPSA) is 81.6 Å². The van der Waals surface area contributed by atoms with Gasteiger partial charge in [0, 0.05) is 31.5 Å². The number of hydrogen-bond donors (Lipinski definition) is 2. The minimum Gasteiger partial charge on any atom is -0.384 e. The van der Waals surface area contributed by atoms with Gasteiger partial charge in [-0.15, -0.1) is 0 Å². The van der Waals surface area contributed by atoms with Crippen molar-refractivity contribution >= 4 is 11.6 Å². The van der Waals surface area contributed by atoms with E-state index in [1.165, 1.54) is 0 Å². The number of nitrogen functional groups attached to an aromatic ring is 1. The van der Waals surface area contributed by atoms with Gasteiger partial charge in [0.05, 0.1) is 6.33 Å². The third-order valence-corrected chi connectivity index (χ3v) is 2.09. The van der Waals surface area contributed by atoms with Crippen LogP contribution in [-0.4, -0.2) is 26.1 Å². The molecule has 0 atom stereocenters. The van der Waals surface area contributed by atoms with Crippen LogP contribution in [0.3, 0.4) is 0 Å². The molecule has 0 fully saturated rings. The first kappa shape index (κ1) is 10.4. The number of anilines is 2. The lowest BCUT2D eigenvalue weighted by Gasteiger charge is -2.07. The largest absolute Gasteiger partial charge is 0.384 e. The molecule has 84 valence electrons. The number of aryl methyl sites for hydroxylation is 1. The number of hydrogen-bond acceptors (Lipinski definition) is 5. The van der Waals surface area contributed by atoms with Crippen molar-refractivity contribution in [1.29, 1.82) is 0 Å². The van der Waals surface area contributed by atoms with Crippen LogP contribution in [0.15, 0.2) is 24.8 Å². The van der Waals surface area contributed by atoms with Crippen molar-refractivity contribution in [2.24, 2.45) is 0 Å². The molecule has 0 radical (unpaired) electrons. The Morgan fingerprint density at radius 3 is 3.00 bits per heavy atom. The van der Waals surface area contributed by atoms with Gasteiger partial charge in [-0.1, -0.05) is 0 Å². The third-order valence-electron chi connectivity index (χ3n) is 2.09. The Kier molecular flexibility index (Phi) is 3.00. The van der Waals surface area contributed by atoms with Crippen LogP contribution in [0.25, 0.3) is 0 Å². The molecule has 0 aromatic carbocycles. The highest BCUT2D eigenvalue weighted by atomic mass is 15.1. The predicted octanol–water partition coefficient (Wildman–Crippen LogP) is 0.676. The van der Waals surface area contributed by atoms with E-state index in [9.17, 15) is 0 Å². The van der Waals surface area contributed by atoms with E-state index in [0.717, 1.165) is 18.9 Å². The van der Waals surface area contributed by atoms with E-state index < -0.39 is 0 Å². The molecule has 16 heavy (non-hydrogen) atoms. The quantitative estimate of drug-likeness (QED) is 0.788. The first-order chi connectivity index (χ1) is 7.74. The highest BCUT2D eigenvalue weighted by molar-refractivity contribution is 5.44. The number of nitrogens with one attached hydrogen (secondary N) is 1. The van der Waals surface area contributed by atoms with Gasteiger partial charge in [-0.05, 0) is 6.92 Å². The molecule has 0 unspecified atom stereocenters. The monoisotopic (exact) mass is 218 g/mol. The van der Waals surface area contributed by atoms with E-state index in [4.69, 9.17) is 5.73 Å². The van der Waals surface area contributed by atoms with Gasteiger partial charge in [0.15, 0.2) is 0 Å². The zero-order chi connectivity index (χ0) is 11.4. The predicted molar refractivity (Wildman–Crippen MR) is 61.9 cm³/mol. The van der Waals surface area contributed by atoms with Crippen molar-refractivity contribution in [1.82, 2.24) is 19.5 Å². The van der Waals surface area contributed by atoms with E-state index in [2.05, 4.69) is 20.3 Å². The average Bonchev–Trinajstić information content (AvgIpc) is 2.69. The van der Waals surface area contributed by atoms with E-state index in [1.54, 1.807) is 18.6 Å². The van der Waals surface area contributed by atoms with Crippen LogP contribution >= 0.6 is 0 Å². The van der Waals surface area contributed by atoms with E-state index in [0.29, 0.717) is 11.6 Å². The summed E-state index contributed by atoms with van der Waals surface area (Å²) in [6, 6.07) is 1.72. The second kappa shape index (κ2) is 4.61. The van der Waals surface area contributed by atoms with Crippen LogP contribution in [0.4, 0.5) is 11.6 Å². The minimum atomic E-state index is 0.484. The fourth-order valence-corrected chi connectivity index (χ4v) is 1.41. The normalized spacial score (nSPS) is 10.3. The zero-order valence-corrected chi connectivity index (χ0v) is 9.09. The Morgan fingerprint density at radius 1 is 1.44 bits per heavy atom. The summed E-state index contributed by atoms with van der Waals surface area (Å²) in [5.74, 6) is 1.91. The molecular formula is C10H14N6. The van der Waals surface area contributed by atoms with Crippen LogP contribution in [-0.2, 0) is 6.54 Å². The summed E-state index contributed by atoms with van der Waals surface area (Å²) < 4.78 is 1.99. The van der Waals surface area contributed by atoms with Crippen LogP contribution in [0.1, 0.15) is 5.82 Å². The van der Waals surface area contributed by atoms with Crippen molar-refractivity contribution in [2.75, 3.05) is 17.6 Å². The molecule has 6 nitrogen and oxygen atoms in total. The Bertz CT molecular complexity index is 430. The average molecular weight is 218 g/mol. The van der Waals surface area contributed by atoms with Crippen LogP contribution < -0.4 is 11.1 Å². The van der Waals surface area contributed by atoms with Crippen molar-refractivity contribution in [3.8, 4) is 0 Å². The molecule has 0 saturated carbocycles. The molecule has 0 saturated heterocycles. The van der Waals surface area contributed by atoms with E-state index in [-0.39, 0.29) is 0 Å². The summed E-state index contributed by atoms with van der Waals surface area (Å²) in [5, 5.41) is 3.18. The molecule has 2 aromatic heterocycles. The maximum absolute atomic E-state index is 5.62. The van der Waals surface area contributed by atoms with Crippen LogP contribution in [0, 0.1) is 6.92 Å². The van der Waals surface area contributed by atoms with Crippen molar-refractivity contribution in [3.63, 3.8) is 0 Å². The van der Waals surface area contributed by atoms with Gasteiger partial charge < -0.3 is 15.6 Å². The second-order valence-corrected chi connectivity index (χ2v) is 3.45. The first-order valence-corrected chi connectivity index (χ1v) is 5.05. The highest BCUT2D eigenvalue weighted by Gasteiger charge is 1.98. The highest BCUT2D eigenvalue weighted by Crippen LogP contribution is 2.07. The van der Waals surface area contributed by atoms with Gasteiger partial charge in [-0.2, -0.15) is 0 Å². The van der Waals surface area contributed by atoms with Gasteiger partial charge >= 0.3 is 0 Å². The Morgan fingerprint density at radius 2 is 2.31 bits per heavy atom. The number of nitrogens with two attached hydrogens (primary N) is 1. The maximum Gasteiger partial charge on any atom is 0.131 e. The van der Waals surface area contributed by atoms with Gasteiger partial charge in [-0.25, -0.2) is 15.0 Å². The van der Waals surface area contributed by atoms with Gasteiger partial charge in [-0.3, -0.25) is 0 Å². The molecule has 2 rings (SSSR count). The lowest BCUT2D eigenvalue weighted by atomic mass is 10.5. The smallest absolute Gasteiger partial charge is 0.131 e. The summed E-state index contributed by atoms with van der Waals surface area (Å²) in [5.41, 5.74) is 5.62. The van der Waals surface area contributed by atoms with Crippen molar-refractivity contribution in [2.45, 2.75) is 13.5 Å². The maximum atomic E-state index is 5.62. The minimum absolute atomic E-state index is 0.484. The molecule has 0 spiro atoms. The van der Waals surface area contributed by atoms with Crippen molar-refractivity contribution in [3.05, 3.63) is 30.6 Å². The summed E-state index contributed by atoms with van der Waals surface area (Å²) in [7, 11) is 0. The van der Waals surface area contributed by atoms with Gasteiger partial charge in [0.25, 0.3) is 0 Å². The summed E-state index contributed by atoms with van der Waals surface area (Å²) >= 11 is 0. The number of rotatable bonds is 4. The third kappa shape index (κ3) is 2.69. The molecule has 2 heterocycles. The van der Waals surface area contributed by atoms with Gasteiger partial charge in [0.1, 0.15) is 17.5 Å². The number of nitrogens with zero attached hydrogens (tertiary/aromatic N) is 4. The number of aromatic nitrogens is 4. The lowest BCUT2D eigenvalue weighted by Crippen LogP contribution is -2.11. The summed E-state index contributed by atoms with van der Waals surface area (Å²) in [4.78, 5) is 12.2. The molecule has 0 amide bonds. The fourth-order valence-electron chi connectivity index (χ4n) is 1.41. The summed E-state index contributed by atoms with van der Waals surface area (Å²) in [6.45, 7) is 3.42. The van der Waals surface area contributed by atoms with Crippen LogP contribution in [0.2, 0.25) is 0 Å². The molecular weight excluding hydrogens is 204 g/mol. The van der Waals surface area contributed by atoms with Crippen LogP contribution in [0.5, 0.6) is 0 Å². The first-order valence-electron chi connectivity index (χ1n) is 5.05. The number of imidazole rings is 1. The SMILES string of the molecule is Cc1nc(N)cc(NCCn2ccnc2)n1. The Balaban J connectivity index is 1.89.